The van der Waals surface area contributed by atoms with Crippen molar-refractivity contribution in [3.8, 4) is 11.1 Å². The van der Waals surface area contributed by atoms with Gasteiger partial charge in [0.15, 0.2) is 0 Å². The number of hydrogen-bond donors (Lipinski definition) is 2. The van der Waals surface area contributed by atoms with E-state index in [1.165, 1.54) is 12.1 Å². The summed E-state index contributed by atoms with van der Waals surface area (Å²) in [6, 6.07) is 3.37. The summed E-state index contributed by atoms with van der Waals surface area (Å²) in [5.41, 5.74) is -1.66. The first-order chi connectivity index (χ1) is 13.6. The highest BCUT2D eigenvalue weighted by molar-refractivity contribution is 6.33. The quantitative estimate of drug-likeness (QED) is 0.696. The van der Waals surface area contributed by atoms with Gasteiger partial charge in [-0.1, -0.05) is 23.7 Å². The maximum absolute atomic E-state index is 13.9. The number of carbonyl (C=O) groups is 1. The van der Waals surface area contributed by atoms with Gasteiger partial charge in [0, 0.05) is 18.3 Å². The summed E-state index contributed by atoms with van der Waals surface area (Å²) in [6.45, 7) is 4.28. The molecule has 1 fully saturated rings. The number of aromatic nitrogens is 2. The van der Waals surface area contributed by atoms with E-state index in [4.69, 9.17) is 21.4 Å². The molecule has 1 aromatic heterocycles. The topological polar surface area (TPSA) is 103 Å². The Labute approximate surface area is 170 Å². The molecule has 2 heterocycles. The van der Waals surface area contributed by atoms with Gasteiger partial charge in [-0.25, -0.2) is 9.18 Å². The molecule has 1 unspecified atom stereocenters. The van der Waals surface area contributed by atoms with Crippen LogP contribution in [-0.2, 0) is 16.1 Å². The molecule has 1 aliphatic heterocycles. The van der Waals surface area contributed by atoms with Gasteiger partial charge in [0.2, 0.25) is 0 Å². The van der Waals surface area contributed by atoms with E-state index in [2.05, 4.69) is 5.32 Å². The van der Waals surface area contributed by atoms with E-state index in [1.54, 1.807) is 6.92 Å². The minimum absolute atomic E-state index is 0.0552. The highest BCUT2D eigenvalue weighted by Gasteiger charge is 2.33. The van der Waals surface area contributed by atoms with Crippen molar-refractivity contribution in [1.29, 1.82) is 0 Å². The summed E-state index contributed by atoms with van der Waals surface area (Å²) in [5.74, 6) is -1.97. The van der Waals surface area contributed by atoms with Crippen LogP contribution in [0, 0.1) is 5.82 Å². The van der Waals surface area contributed by atoms with E-state index >= 15 is 0 Å². The lowest BCUT2D eigenvalue weighted by Gasteiger charge is -2.39. The standard InChI is InChI=1S/C19H21ClFN3O5/c1-11(6-22-19(2)9-29-10-19)24-17(27)13(7-23(18(24)28)8-15(25)26)12-4-3-5-14(21)16(12)20/h3-5,7,11,22H,6,8-10H2,1-2H3,(H,25,26). The number of aliphatic carboxylic acids is 1. The highest BCUT2D eigenvalue weighted by Crippen LogP contribution is 2.27. The molecule has 156 valence electrons. The molecule has 1 aliphatic rings. The third-order valence-electron chi connectivity index (χ3n) is 4.84. The number of carboxylic acids is 1. The molecule has 1 atom stereocenters. The molecule has 29 heavy (non-hydrogen) atoms. The fraction of sp³-hybridized carbons (Fsp3) is 0.421. The molecule has 3 rings (SSSR count). The fourth-order valence-electron chi connectivity index (χ4n) is 3.16. The van der Waals surface area contributed by atoms with Crippen molar-refractivity contribution < 1.29 is 19.0 Å². The van der Waals surface area contributed by atoms with Crippen molar-refractivity contribution in [3.05, 3.63) is 56.1 Å². The van der Waals surface area contributed by atoms with Crippen LogP contribution in [0.4, 0.5) is 4.39 Å². The lowest BCUT2D eigenvalue weighted by molar-refractivity contribution is -0.137. The summed E-state index contributed by atoms with van der Waals surface area (Å²) < 4.78 is 21.0. The first-order valence-corrected chi connectivity index (χ1v) is 9.36. The molecule has 0 amide bonds. The summed E-state index contributed by atoms with van der Waals surface area (Å²) in [4.78, 5) is 37.1. The Balaban J connectivity index is 2.11. The van der Waals surface area contributed by atoms with E-state index in [0.717, 1.165) is 21.4 Å². The van der Waals surface area contributed by atoms with Gasteiger partial charge in [0.1, 0.15) is 12.4 Å². The van der Waals surface area contributed by atoms with Gasteiger partial charge < -0.3 is 15.2 Å². The molecular formula is C19H21ClFN3O5. The van der Waals surface area contributed by atoms with Crippen LogP contribution in [0.5, 0.6) is 0 Å². The van der Waals surface area contributed by atoms with E-state index in [9.17, 15) is 18.8 Å². The summed E-state index contributed by atoms with van der Waals surface area (Å²) in [5, 5.41) is 12.1. The molecule has 8 nitrogen and oxygen atoms in total. The Kier molecular flexibility index (Phi) is 5.92. The molecule has 0 spiro atoms. The summed E-state index contributed by atoms with van der Waals surface area (Å²) in [7, 11) is 0. The number of nitrogens with one attached hydrogen (secondary N) is 1. The van der Waals surface area contributed by atoms with Crippen molar-refractivity contribution in [2.75, 3.05) is 19.8 Å². The van der Waals surface area contributed by atoms with Gasteiger partial charge in [-0.2, -0.15) is 0 Å². The minimum atomic E-state index is -1.25. The zero-order chi connectivity index (χ0) is 21.3. The maximum Gasteiger partial charge on any atom is 0.331 e. The lowest BCUT2D eigenvalue weighted by atomic mass is 10.0. The number of hydrogen-bond acceptors (Lipinski definition) is 5. The zero-order valence-corrected chi connectivity index (χ0v) is 16.7. The van der Waals surface area contributed by atoms with Crippen LogP contribution >= 0.6 is 11.6 Å². The number of halogens is 2. The molecule has 0 aliphatic carbocycles. The number of nitrogens with zero attached hydrogens (tertiary/aromatic N) is 2. The van der Waals surface area contributed by atoms with Crippen molar-refractivity contribution in [2.45, 2.75) is 32.0 Å². The smallest absolute Gasteiger partial charge is 0.331 e. The first kappa shape index (κ1) is 21.2. The first-order valence-electron chi connectivity index (χ1n) is 8.98. The van der Waals surface area contributed by atoms with E-state index < -0.39 is 35.6 Å². The Morgan fingerprint density at radius 3 is 2.66 bits per heavy atom. The number of benzene rings is 1. The van der Waals surface area contributed by atoms with Gasteiger partial charge in [-0.05, 0) is 19.9 Å². The number of carboxylic acid groups (broad SMARTS) is 1. The predicted octanol–water partition coefficient (Wildman–Crippen LogP) is 1.49. The molecule has 0 radical (unpaired) electrons. The summed E-state index contributed by atoms with van der Waals surface area (Å²) >= 11 is 6.02. The van der Waals surface area contributed by atoms with Crippen molar-refractivity contribution in [2.24, 2.45) is 0 Å². The largest absolute Gasteiger partial charge is 0.480 e. The van der Waals surface area contributed by atoms with E-state index in [0.29, 0.717) is 13.2 Å². The van der Waals surface area contributed by atoms with E-state index in [-0.39, 0.29) is 28.2 Å². The Morgan fingerprint density at radius 2 is 2.07 bits per heavy atom. The van der Waals surface area contributed by atoms with Gasteiger partial charge in [-0.3, -0.25) is 18.7 Å². The van der Waals surface area contributed by atoms with Gasteiger partial charge in [0.25, 0.3) is 5.56 Å². The second-order valence-electron chi connectivity index (χ2n) is 7.41. The lowest BCUT2D eigenvalue weighted by Crippen LogP contribution is -2.59. The van der Waals surface area contributed by atoms with Gasteiger partial charge >= 0.3 is 11.7 Å². The van der Waals surface area contributed by atoms with Crippen LogP contribution in [-0.4, -0.2) is 45.5 Å². The third kappa shape index (κ3) is 4.26. The van der Waals surface area contributed by atoms with Crippen LogP contribution in [0.2, 0.25) is 5.02 Å². The summed E-state index contributed by atoms with van der Waals surface area (Å²) in [6.07, 6.45) is 1.11. The Bertz CT molecular complexity index is 1060. The molecule has 0 saturated carbocycles. The second-order valence-corrected chi connectivity index (χ2v) is 7.78. The zero-order valence-electron chi connectivity index (χ0n) is 15.9. The van der Waals surface area contributed by atoms with Gasteiger partial charge in [0.05, 0.1) is 35.4 Å². The SMILES string of the molecule is CC(CNC1(C)COC1)n1c(=O)c(-c2cccc(F)c2Cl)cn(CC(=O)O)c1=O. The van der Waals surface area contributed by atoms with Crippen molar-refractivity contribution >= 4 is 17.6 Å². The molecule has 10 heteroatoms. The second kappa shape index (κ2) is 8.10. The fourth-order valence-corrected chi connectivity index (χ4v) is 3.39. The monoisotopic (exact) mass is 425 g/mol. The van der Waals surface area contributed by atoms with Gasteiger partial charge in [-0.15, -0.1) is 0 Å². The van der Waals surface area contributed by atoms with Crippen LogP contribution in [0.15, 0.2) is 34.0 Å². The predicted molar refractivity (Wildman–Crippen MR) is 105 cm³/mol. The third-order valence-corrected chi connectivity index (χ3v) is 5.22. The average Bonchev–Trinajstić information content (AvgIpc) is 2.63. The minimum Gasteiger partial charge on any atom is -0.480 e. The maximum atomic E-state index is 13.9. The highest BCUT2D eigenvalue weighted by atomic mass is 35.5. The van der Waals surface area contributed by atoms with Crippen LogP contribution in [0.1, 0.15) is 19.9 Å². The molecule has 2 aromatic rings. The molecule has 1 aromatic carbocycles. The number of rotatable bonds is 7. The van der Waals surface area contributed by atoms with Crippen molar-refractivity contribution in [1.82, 2.24) is 14.5 Å². The van der Waals surface area contributed by atoms with Crippen LogP contribution < -0.4 is 16.6 Å². The van der Waals surface area contributed by atoms with Crippen molar-refractivity contribution in [3.63, 3.8) is 0 Å². The van der Waals surface area contributed by atoms with E-state index in [1.807, 2.05) is 6.92 Å². The normalized spacial score (nSPS) is 16.3. The molecular weight excluding hydrogens is 405 g/mol. The molecule has 2 N–H and O–H groups in total. The van der Waals surface area contributed by atoms with Crippen LogP contribution in [0.3, 0.4) is 0 Å². The van der Waals surface area contributed by atoms with Crippen LogP contribution in [0.25, 0.3) is 11.1 Å². The Hall–Kier alpha value is -2.49. The number of ether oxygens (including phenoxy) is 1. The average molecular weight is 426 g/mol. The molecule has 0 bridgehead atoms. The Morgan fingerprint density at radius 1 is 1.38 bits per heavy atom. The molecule has 1 saturated heterocycles.